The topological polar surface area (TPSA) is 109 Å². The standard InChI is InChI=1S/C18H16ClN7O/c1-11(7-20)23-17(27)13-5-3-12(4-6-13)16-15(19)9-21-18(25-16)24-14-8-22-26(2)10-14/h3-6,8-11H,1-2H3,(H,23,27)(H,21,24,25). The van der Waals surface area contributed by atoms with Gasteiger partial charge in [0, 0.05) is 24.4 Å². The fourth-order valence-corrected chi connectivity index (χ4v) is 2.54. The highest BCUT2D eigenvalue weighted by Crippen LogP contribution is 2.27. The number of rotatable bonds is 5. The van der Waals surface area contributed by atoms with Crippen LogP contribution in [0, 0.1) is 11.3 Å². The van der Waals surface area contributed by atoms with Gasteiger partial charge in [-0.1, -0.05) is 23.7 Å². The van der Waals surface area contributed by atoms with Gasteiger partial charge >= 0.3 is 0 Å². The molecule has 2 N–H and O–H groups in total. The summed E-state index contributed by atoms with van der Waals surface area (Å²) in [6, 6.07) is 8.19. The van der Waals surface area contributed by atoms with Crippen LogP contribution in [0.1, 0.15) is 17.3 Å². The van der Waals surface area contributed by atoms with Crippen LogP contribution in [-0.4, -0.2) is 31.7 Å². The molecule has 0 aliphatic heterocycles. The van der Waals surface area contributed by atoms with E-state index in [4.69, 9.17) is 16.9 Å². The summed E-state index contributed by atoms with van der Waals surface area (Å²) in [5.74, 6) is 0.0652. The third-order valence-electron chi connectivity index (χ3n) is 3.67. The van der Waals surface area contributed by atoms with Crippen molar-refractivity contribution in [3.05, 3.63) is 53.4 Å². The Balaban J connectivity index is 1.82. The van der Waals surface area contributed by atoms with Crippen molar-refractivity contribution in [3.63, 3.8) is 0 Å². The van der Waals surface area contributed by atoms with Crippen molar-refractivity contribution >= 4 is 29.1 Å². The normalized spacial score (nSPS) is 11.5. The van der Waals surface area contributed by atoms with Crippen LogP contribution in [0.4, 0.5) is 11.6 Å². The average molecular weight is 382 g/mol. The minimum atomic E-state index is -0.561. The number of hydrogen-bond donors (Lipinski definition) is 2. The van der Waals surface area contributed by atoms with E-state index in [1.54, 1.807) is 48.3 Å². The van der Waals surface area contributed by atoms with E-state index >= 15 is 0 Å². The maximum absolute atomic E-state index is 12.1. The number of nitrogens with one attached hydrogen (secondary N) is 2. The first-order valence-electron chi connectivity index (χ1n) is 8.05. The quantitative estimate of drug-likeness (QED) is 0.703. The van der Waals surface area contributed by atoms with Gasteiger partial charge in [-0.05, 0) is 19.1 Å². The minimum absolute atomic E-state index is 0.316. The SMILES string of the molecule is CC(C#N)NC(=O)c1ccc(-c2nc(Nc3cnn(C)c3)ncc2Cl)cc1. The number of nitriles is 1. The molecule has 0 radical (unpaired) electrons. The van der Waals surface area contributed by atoms with Gasteiger partial charge in [0.2, 0.25) is 5.95 Å². The van der Waals surface area contributed by atoms with Crippen molar-refractivity contribution in [1.29, 1.82) is 5.26 Å². The van der Waals surface area contributed by atoms with Crippen LogP contribution in [0.25, 0.3) is 11.3 Å². The number of halogens is 1. The molecule has 0 aliphatic carbocycles. The van der Waals surface area contributed by atoms with Crippen molar-refractivity contribution in [2.24, 2.45) is 7.05 Å². The summed E-state index contributed by atoms with van der Waals surface area (Å²) in [7, 11) is 1.81. The Morgan fingerprint density at radius 1 is 1.30 bits per heavy atom. The van der Waals surface area contributed by atoms with Gasteiger partial charge < -0.3 is 10.6 Å². The van der Waals surface area contributed by atoms with Crippen LogP contribution in [0.5, 0.6) is 0 Å². The maximum atomic E-state index is 12.1. The highest BCUT2D eigenvalue weighted by molar-refractivity contribution is 6.32. The van der Waals surface area contributed by atoms with E-state index in [1.807, 2.05) is 13.1 Å². The van der Waals surface area contributed by atoms with Crippen molar-refractivity contribution < 1.29 is 4.79 Å². The lowest BCUT2D eigenvalue weighted by molar-refractivity contribution is 0.0948. The van der Waals surface area contributed by atoms with Crippen LogP contribution in [-0.2, 0) is 7.05 Å². The van der Waals surface area contributed by atoms with Crippen molar-refractivity contribution in [2.75, 3.05) is 5.32 Å². The molecule has 8 nitrogen and oxygen atoms in total. The van der Waals surface area contributed by atoms with E-state index in [0.29, 0.717) is 22.2 Å². The second kappa shape index (κ2) is 7.85. The Bertz CT molecular complexity index is 1010. The first-order chi connectivity index (χ1) is 13.0. The lowest BCUT2D eigenvalue weighted by atomic mass is 10.1. The van der Waals surface area contributed by atoms with Crippen molar-refractivity contribution in [2.45, 2.75) is 13.0 Å². The van der Waals surface area contributed by atoms with Gasteiger partial charge in [-0.25, -0.2) is 9.97 Å². The number of aryl methyl sites for hydroxylation is 1. The molecule has 27 heavy (non-hydrogen) atoms. The average Bonchev–Trinajstić information content (AvgIpc) is 3.08. The molecule has 9 heteroatoms. The number of hydrogen-bond acceptors (Lipinski definition) is 6. The van der Waals surface area contributed by atoms with Crippen molar-refractivity contribution in [3.8, 4) is 17.3 Å². The molecule has 3 aromatic rings. The number of anilines is 2. The Labute approximate surface area is 160 Å². The second-order valence-corrected chi connectivity index (χ2v) is 6.23. The molecule has 0 aliphatic rings. The Kier molecular flexibility index (Phi) is 5.33. The van der Waals surface area contributed by atoms with Gasteiger partial charge in [0.15, 0.2) is 0 Å². The zero-order valence-electron chi connectivity index (χ0n) is 14.6. The summed E-state index contributed by atoms with van der Waals surface area (Å²) in [6.45, 7) is 1.61. The van der Waals surface area contributed by atoms with Crippen LogP contribution in [0.2, 0.25) is 5.02 Å². The van der Waals surface area contributed by atoms with Crippen LogP contribution >= 0.6 is 11.6 Å². The van der Waals surface area contributed by atoms with Gasteiger partial charge in [-0.2, -0.15) is 10.4 Å². The molecule has 2 aromatic heterocycles. The molecule has 1 atom stereocenters. The predicted molar refractivity (Wildman–Crippen MR) is 102 cm³/mol. The number of carbonyl (C=O) groups is 1. The Morgan fingerprint density at radius 3 is 2.67 bits per heavy atom. The van der Waals surface area contributed by atoms with E-state index in [-0.39, 0.29) is 5.91 Å². The molecular formula is C18H16ClN7O. The highest BCUT2D eigenvalue weighted by Gasteiger charge is 2.12. The summed E-state index contributed by atoms with van der Waals surface area (Å²) in [5.41, 5.74) is 2.47. The number of amides is 1. The molecule has 1 aromatic carbocycles. The lowest BCUT2D eigenvalue weighted by Gasteiger charge is -2.09. The van der Waals surface area contributed by atoms with Crippen LogP contribution in [0.15, 0.2) is 42.9 Å². The summed E-state index contributed by atoms with van der Waals surface area (Å²) >= 11 is 6.24. The zero-order chi connectivity index (χ0) is 19.4. The van der Waals surface area contributed by atoms with Gasteiger partial charge in [-0.15, -0.1) is 0 Å². The third kappa shape index (κ3) is 4.40. The number of aromatic nitrogens is 4. The molecule has 0 fully saturated rings. The molecular weight excluding hydrogens is 366 g/mol. The van der Waals surface area contributed by atoms with Gasteiger partial charge in [-0.3, -0.25) is 9.48 Å². The van der Waals surface area contributed by atoms with Crippen LogP contribution < -0.4 is 10.6 Å². The largest absolute Gasteiger partial charge is 0.337 e. The minimum Gasteiger partial charge on any atom is -0.337 e. The Morgan fingerprint density at radius 2 is 2.04 bits per heavy atom. The molecule has 0 bridgehead atoms. The van der Waals surface area contributed by atoms with Crippen molar-refractivity contribution in [1.82, 2.24) is 25.1 Å². The number of nitrogens with zero attached hydrogens (tertiary/aromatic N) is 5. The molecule has 0 saturated carbocycles. The predicted octanol–water partition coefficient (Wildman–Crippen LogP) is 2.92. The smallest absolute Gasteiger partial charge is 0.252 e. The molecule has 1 amide bonds. The van der Waals surface area contributed by atoms with E-state index in [9.17, 15) is 4.79 Å². The number of carbonyl (C=O) groups excluding carboxylic acids is 1. The summed E-state index contributed by atoms with van der Waals surface area (Å²) in [4.78, 5) is 20.7. The van der Waals surface area contributed by atoms with Gasteiger partial charge in [0.25, 0.3) is 5.91 Å². The second-order valence-electron chi connectivity index (χ2n) is 5.82. The molecule has 0 saturated heterocycles. The summed E-state index contributed by atoms with van der Waals surface area (Å²) in [5, 5.41) is 18.9. The highest BCUT2D eigenvalue weighted by atomic mass is 35.5. The first-order valence-corrected chi connectivity index (χ1v) is 8.43. The monoisotopic (exact) mass is 381 g/mol. The molecule has 0 spiro atoms. The number of benzene rings is 1. The molecule has 1 unspecified atom stereocenters. The molecule has 136 valence electrons. The first kappa shape index (κ1) is 18.4. The van der Waals surface area contributed by atoms with Gasteiger partial charge in [0.05, 0.1) is 34.9 Å². The zero-order valence-corrected chi connectivity index (χ0v) is 15.4. The maximum Gasteiger partial charge on any atom is 0.252 e. The molecule has 3 rings (SSSR count). The van der Waals surface area contributed by atoms with E-state index in [0.717, 1.165) is 11.3 Å². The summed E-state index contributed by atoms with van der Waals surface area (Å²) in [6.07, 6.45) is 4.97. The fourth-order valence-electron chi connectivity index (χ4n) is 2.34. The van der Waals surface area contributed by atoms with Crippen LogP contribution in [0.3, 0.4) is 0 Å². The fraction of sp³-hybridized carbons (Fsp3) is 0.167. The Hall–Kier alpha value is -3.44. The third-order valence-corrected chi connectivity index (χ3v) is 3.94. The van der Waals surface area contributed by atoms with E-state index in [2.05, 4.69) is 25.7 Å². The molecule has 2 heterocycles. The van der Waals surface area contributed by atoms with E-state index in [1.165, 1.54) is 6.20 Å². The summed E-state index contributed by atoms with van der Waals surface area (Å²) < 4.78 is 1.66. The lowest BCUT2D eigenvalue weighted by Crippen LogP contribution is -2.31. The van der Waals surface area contributed by atoms with E-state index < -0.39 is 6.04 Å². The van der Waals surface area contributed by atoms with Gasteiger partial charge in [0.1, 0.15) is 6.04 Å².